The molecule has 3 aromatic rings. The average molecular weight is 464 g/mol. The zero-order valence-corrected chi connectivity index (χ0v) is 18.2. The van der Waals surface area contributed by atoms with Crippen molar-refractivity contribution < 1.29 is 23.4 Å². The van der Waals surface area contributed by atoms with E-state index in [0.717, 1.165) is 5.56 Å². The quantitative estimate of drug-likeness (QED) is 0.265. The number of hydrogen-bond acceptors (Lipinski definition) is 8. The second-order valence-corrected chi connectivity index (χ2v) is 6.88. The van der Waals surface area contributed by atoms with Gasteiger partial charge in [-0.1, -0.05) is 23.2 Å². The zero-order valence-electron chi connectivity index (χ0n) is 16.7. The summed E-state index contributed by atoms with van der Waals surface area (Å²) >= 11 is 11.9. The van der Waals surface area contributed by atoms with Crippen LogP contribution < -0.4 is 14.9 Å². The molecule has 0 atom stereocenters. The summed E-state index contributed by atoms with van der Waals surface area (Å²) in [7, 11) is 1.29. The van der Waals surface area contributed by atoms with E-state index < -0.39 is 5.97 Å². The fourth-order valence-corrected chi connectivity index (χ4v) is 2.89. The van der Waals surface area contributed by atoms with E-state index in [9.17, 15) is 4.79 Å². The van der Waals surface area contributed by atoms with Crippen molar-refractivity contribution in [1.29, 1.82) is 0 Å². The molecule has 0 amide bonds. The summed E-state index contributed by atoms with van der Waals surface area (Å²) in [5, 5.41) is 4.93. The number of hydrazone groups is 1. The Morgan fingerprint density at radius 1 is 1.19 bits per heavy atom. The topological polar surface area (TPSA) is 95.2 Å². The van der Waals surface area contributed by atoms with Gasteiger partial charge in [0.15, 0.2) is 17.3 Å². The van der Waals surface area contributed by atoms with Crippen molar-refractivity contribution in [3.8, 4) is 11.5 Å². The second kappa shape index (κ2) is 10.7. The molecule has 1 aromatic carbocycles. The predicted octanol–water partition coefficient (Wildman–Crippen LogP) is 5.19. The van der Waals surface area contributed by atoms with Crippen molar-refractivity contribution in [3.63, 3.8) is 0 Å². The molecule has 8 nitrogen and oxygen atoms in total. The number of halogens is 2. The van der Waals surface area contributed by atoms with Gasteiger partial charge < -0.3 is 18.6 Å². The summed E-state index contributed by atoms with van der Waals surface area (Å²) in [5.74, 6) is 1.48. The lowest BCUT2D eigenvalue weighted by Gasteiger charge is -2.11. The molecule has 0 radical (unpaired) electrons. The number of anilines is 1. The van der Waals surface area contributed by atoms with E-state index >= 15 is 0 Å². The number of carbonyl (C=O) groups excluding carboxylic acids is 1. The molecule has 0 fully saturated rings. The van der Waals surface area contributed by atoms with E-state index in [1.165, 1.54) is 19.4 Å². The maximum Gasteiger partial charge on any atom is 0.373 e. The van der Waals surface area contributed by atoms with Crippen molar-refractivity contribution in [3.05, 3.63) is 69.7 Å². The number of aromatic nitrogens is 1. The van der Waals surface area contributed by atoms with E-state index in [4.69, 9.17) is 37.1 Å². The molecule has 2 aromatic heterocycles. The number of nitrogens with zero attached hydrogens (tertiary/aromatic N) is 2. The monoisotopic (exact) mass is 463 g/mol. The van der Waals surface area contributed by atoms with Crippen LogP contribution in [0.3, 0.4) is 0 Å². The summed E-state index contributed by atoms with van der Waals surface area (Å²) in [5.41, 5.74) is 3.53. The Morgan fingerprint density at radius 2 is 2.03 bits per heavy atom. The highest BCUT2D eigenvalue weighted by atomic mass is 35.5. The lowest BCUT2D eigenvalue weighted by atomic mass is 10.2. The molecule has 2 heterocycles. The largest absolute Gasteiger partial charge is 0.490 e. The third-order valence-corrected chi connectivity index (χ3v) is 4.37. The Balaban J connectivity index is 1.67. The number of pyridine rings is 1. The molecule has 0 unspecified atom stereocenters. The second-order valence-electron chi connectivity index (χ2n) is 6.04. The first-order valence-electron chi connectivity index (χ1n) is 9.17. The standard InChI is InChI=1S/C21H19Cl2N3O5/c1-3-29-19-8-13(10-25-26-20-16(23)9-14(22)11-24-20)4-6-17(19)30-12-15-5-7-18(31-15)21(27)28-2/h4-11H,3,12H2,1-2H3,(H,24,26)/b25-10+. The van der Waals surface area contributed by atoms with E-state index in [-0.39, 0.29) is 12.4 Å². The average Bonchev–Trinajstić information content (AvgIpc) is 3.23. The Bertz CT molecular complexity index is 1080. The van der Waals surface area contributed by atoms with Crippen LogP contribution in [0.1, 0.15) is 28.8 Å². The van der Waals surface area contributed by atoms with E-state index in [0.29, 0.717) is 39.7 Å². The van der Waals surface area contributed by atoms with Crippen LogP contribution in [-0.2, 0) is 11.3 Å². The number of hydrogen-bond donors (Lipinski definition) is 1. The van der Waals surface area contributed by atoms with Crippen LogP contribution in [0.15, 0.2) is 52.1 Å². The van der Waals surface area contributed by atoms with Crippen LogP contribution in [0.4, 0.5) is 5.82 Å². The lowest BCUT2D eigenvalue weighted by Crippen LogP contribution is -2.01. The van der Waals surface area contributed by atoms with Gasteiger partial charge in [0.25, 0.3) is 0 Å². The summed E-state index contributed by atoms with van der Waals surface area (Å²) in [6, 6.07) is 10.1. The molecule has 10 heteroatoms. The van der Waals surface area contributed by atoms with Crippen LogP contribution in [-0.4, -0.2) is 30.9 Å². The molecular formula is C21H19Cl2N3O5. The fourth-order valence-electron chi connectivity index (χ4n) is 2.47. The molecule has 0 aliphatic rings. The fraction of sp³-hybridized carbons (Fsp3) is 0.190. The van der Waals surface area contributed by atoms with Crippen molar-refractivity contribution in [1.82, 2.24) is 4.98 Å². The molecule has 0 aliphatic heterocycles. The number of nitrogens with one attached hydrogen (secondary N) is 1. The normalized spacial score (nSPS) is 10.8. The van der Waals surface area contributed by atoms with Crippen LogP contribution in [0, 0.1) is 0 Å². The number of benzene rings is 1. The van der Waals surface area contributed by atoms with Gasteiger partial charge >= 0.3 is 5.97 Å². The van der Waals surface area contributed by atoms with Crippen LogP contribution in [0.2, 0.25) is 10.0 Å². The third-order valence-electron chi connectivity index (χ3n) is 3.88. The Labute approximate surface area is 188 Å². The highest BCUT2D eigenvalue weighted by Crippen LogP contribution is 2.29. The lowest BCUT2D eigenvalue weighted by molar-refractivity contribution is 0.0561. The Kier molecular flexibility index (Phi) is 7.75. The Morgan fingerprint density at radius 3 is 2.77 bits per heavy atom. The number of ether oxygens (including phenoxy) is 3. The van der Waals surface area contributed by atoms with Crippen molar-refractivity contribution in [2.75, 3.05) is 19.1 Å². The minimum Gasteiger partial charge on any atom is -0.490 e. The smallest absolute Gasteiger partial charge is 0.373 e. The number of furan rings is 1. The maximum absolute atomic E-state index is 11.5. The van der Waals surface area contributed by atoms with Gasteiger partial charge in [-0.15, -0.1) is 0 Å². The summed E-state index contributed by atoms with van der Waals surface area (Å²) < 4.78 is 21.5. The van der Waals surface area contributed by atoms with Gasteiger partial charge in [-0.25, -0.2) is 9.78 Å². The molecular weight excluding hydrogens is 445 g/mol. The molecule has 0 saturated carbocycles. The minimum atomic E-state index is -0.548. The summed E-state index contributed by atoms with van der Waals surface area (Å²) in [6.45, 7) is 2.44. The predicted molar refractivity (Wildman–Crippen MR) is 117 cm³/mol. The molecule has 31 heavy (non-hydrogen) atoms. The SMILES string of the molecule is CCOc1cc(/C=N/Nc2ncc(Cl)cc2Cl)ccc1OCc1ccc(C(=O)OC)o1. The van der Waals surface area contributed by atoms with Gasteiger partial charge in [0, 0.05) is 6.20 Å². The molecule has 0 bridgehead atoms. The zero-order chi connectivity index (χ0) is 22.2. The van der Waals surface area contributed by atoms with Crippen LogP contribution in [0.25, 0.3) is 0 Å². The molecule has 0 spiro atoms. The van der Waals surface area contributed by atoms with E-state index in [2.05, 4.69) is 20.2 Å². The van der Waals surface area contributed by atoms with Gasteiger partial charge in [-0.05, 0) is 48.9 Å². The molecule has 0 aliphatic carbocycles. The highest BCUT2D eigenvalue weighted by molar-refractivity contribution is 6.35. The first-order valence-corrected chi connectivity index (χ1v) is 9.92. The van der Waals surface area contributed by atoms with E-state index in [1.807, 2.05) is 13.0 Å². The van der Waals surface area contributed by atoms with Crippen molar-refractivity contribution in [2.45, 2.75) is 13.5 Å². The maximum atomic E-state index is 11.5. The van der Waals surface area contributed by atoms with Gasteiger partial charge in [-0.2, -0.15) is 5.10 Å². The number of esters is 1. The van der Waals surface area contributed by atoms with Crippen LogP contribution in [0.5, 0.6) is 11.5 Å². The first-order chi connectivity index (χ1) is 15.0. The van der Waals surface area contributed by atoms with Crippen LogP contribution >= 0.6 is 23.2 Å². The molecule has 3 rings (SSSR count). The summed E-state index contributed by atoms with van der Waals surface area (Å²) in [4.78, 5) is 15.5. The Hall–Kier alpha value is -3.23. The summed E-state index contributed by atoms with van der Waals surface area (Å²) in [6.07, 6.45) is 3.06. The van der Waals surface area contributed by atoms with Gasteiger partial charge in [0.2, 0.25) is 5.76 Å². The number of methoxy groups -OCH3 is 1. The van der Waals surface area contributed by atoms with E-state index in [1.54, 1.807) is 30.5 Å². The molecule has 1 N–H and O–H groups in total. The van der Waals surface area contributed by atoms with Gasteiger partial charge in [0.05, 0.1) is 30.0 Å². The molecule has 162 valence electrons. The number of carbonyl (C=O) groups is 1. The number of rotatable bonds is 9. The molecule has 0 saturated heterocycles. The third kappa shape index (κ3) is 6.13. The van der Waals surface area contributed by atoms with Gasteiger partial charge in [-0.3, -0.25) is 5.43 Å². The highest BCUT2D eigenvalue weighted by Gasteiger charge is 2.12. The van der Waals surface area contributed by atoms with Gasteiger partial charge in [0.1, 0.15) is 12.4 Å². The first kappa shape index (κ1) is 22.5. The minimum absolute atomic E-state index is 0.112. The van der Waals surface area contributed by atoms with Crippen molar-refractivity contribution >= 4 is 41.2 Å². The van der Waals surface area contributed by atoms with Crippen molar-refractivity contribution in [2.24, 2.45) is 5.10 Å².